The summed E-state index contributed by atoms with van der Waals surface area (Å²) in [4.78, 5) is 6.72. The lowest BCUT2D eigenvalue weighted by Gasteiger charge is -2.25. The van der Waals surface area contributed by atoms with Crippen molar-refractivity contribution in [2.75, 3.05) is 26.2 Å². The lowest BCUT2D eigenvalue weighted by atomic mass is 10.2. The van der Waals surface area contributed by atoms with Gasteiger partial charge in [-0.3, -0.25) is 4.90 Å². The van der Waals surface area contributed by atoms with E-state index < -0.39 is 0 Å². The highest BCUT2D eigenvalue weighted by atomic mass is 16.4. The van der Waals surface area contributed by atoms with Crippen molar-refractivity contribution in [1.82, 2.24) is 15.2 Å². The van der Waals surface area contributed by atoms with Gasteiger partial charge in [-0.05, 0) is 0 Å². The van der Waals surface area contributed by atoms with Gasteiger partial charge < -0.3 is 9.73 Å². The van der Waals surface area contributed by atoms with Crippen LogP contribution in [0.2, 0.25) is 0 Å². The molecule has 0 spiro atoms. The van der Waals surface area contributed by atoms with E-state index in [1.54, 1.807) is 0 Å². The van der Waals surface area contributed by atoms with Gasteiger partial charge in [-0.1, -0.05) is 30.3 Å². The van der Waals surface area contributed by atoms with Crippen molar-refractivity contribution in [3.05, 3.63) is 42.4 Å². The molecule has 0 unspecified atom stereocenters. The maximum Gasteiger partial charge on any atom is 0.209 e. The van der Waals surface area contributed by atoms with Gasteiger partial charge in [0.15, 0.2) is 5.76 Å². The van der Waals surface area contributed by atoms with Crippen LogP contribution in [0.15, 0.2) is 40.9 Å². The highest BCUT2D eigenvalue weighted by Gasteiger charge is 2.13. The third-order valence-electron chi connectivity index (χ3n) is 3.18. The molecule has 1 N–H and O–H groups in total. The largest absolute Gasteiger partial charge is 0.439 e. The van der Waals surface area contributed by atoms with Gasteiger partial charge in [0.1, 0.15) is 0 Å². The highest BCUT2D eigenvalue weighted by Crippen LogP contribution is 2.20. The first kappa shape index (κ1) is 11.4. The molecule has 0 amide bonds. The Morgan fingerprint density at radius 2 is 1.94 bits per heavy atom. The first-order valence-electron chi connectivity index (χ1n) is 6.35. The second-order valence-corrected chi connectivity index (χ2v) is 4.51. The fraction of sp³-hybridized carbons (Fsp3) is 0.357. The maximum absolute atomic E-state index is 5.80. The monoisotopic (exact) mass is 243 g/mol. The summed E-state index contributed by atoms with van der Waals surface area (Å²) in [5, 5.41) is 3.34. The summed E-state index contributed by atoms with van der Waals surface area (Å²) in [6.07, 6.45) is 1.81. The molecule has 1 aromatic carbocycles. The summed E-state index contributed by atoms with van der Waals surface area (Å²) in [6.45, 7) is 5.01. The molecule has 2 aromatic rings. The average Bonchev–Trinajstić information content (AvgIpc) is 2.89. The summed E-state index contributed by atoms with van der Waals surface area (Å²) in [7, 11) is 0. The zero-order chi connectivity index (χ0) is 12.2. The van der Waals surface area contributed by atoms with Gasteiger partial charge in [-0.25, -0.2) is 4.98 Å². The molecular formula is C14H17N3O. The molecule has 1 aliphatic heterocycles. The smallest absolute Gasteiger partial charge is 0.209 e. The van der Waals surface area contributed by atoms with Gasteiger partial charge in [-0.15, -0.1) is 0 Å². The number of aromatic nitrogens is 1. The molecule has 4 nitrogen and oxygen atoms in total. The molecule has 3 rings (SSSR count). The number of hydrogen-bond donors (Lipinski definition) is 1. The van der Waals surface area contributed by atoms with Crippen molar-refractivity contribution < 1.29 is 4.42 Å². The minimum atomic E-state index is 0.800. The van der Waals surface area contributed by atoms with E-state index in [4.69, 9.17) is 4.42 Å². The van der Waals surface area contributed by atoms with E-state index in [9.17, 15) is 0 Å². The molecule has 94 valence electrons. The van der Waals surface area contributed by atoms with Gasteiger partial charge in [0, 0.05) is 31.7 Å². The van der Waals surface area contributed by atoms with Gasteiger partial charge in [0.25, 0.3) is 0 Å². The number of oxazole rings is 1. The normalized spacial score (nSPS) is 16.9. The Balaban J connectivity index is 1.69. The zero-order valence-corrected chi connectivity index (χ0v) is 10.3. The fourth-order valence-corrected chi connectivity index (χ4v) is 2.18. The average molecular weight is 243 g/mol. The second kappa shape index (κ2) is 5.33. The van der Waals surface area contributed by atoms with Crippen molar-refractivity contribution in [2.45, 2.75) is 6.54 Å². The van der Waals surface area contributed by atoms with Crippen LogP contribution in [-0.4, -0.2) is 36.1 Å². The van der Waals surface area contributed by atoms with Crippen LogP contribution in [0.3, 0.4) is 0 Å². The third kappa shape index (κ3) is 2.60. The molecule has 0 bridgehead atoms. The van der Waals surface area contributed by atoms with Gasteiger partial charge in [-0.2, -0.15) is 0 Å². The molecule has 4 heteroatoms. The Labute approximate surface area is 107 Å². The van der Waals surface area contributed by atoms with E-state index in [0.717, 1.165) is 49.9 Å². The Bertz CT molecular complexity index is 489. The van der Waals surface area contributed by atoms with Crippen molar-refractivity contribution in [1.29, 1.82) is 0 Å². The Kier molecular flexibility index (Phi) is 3.39. The number of nitrogens with one attached hydrogen (secondary N) is 1. The lowest BCUT2D eigenvalue weighted by molar-refractivity contribution is 0.213. The Morgan fingerprint density at radius 3 is 2.72 bits per heavy atom. The standard InChI is InChI=1S/C14H17N3O/c1-2-4-12(5-3-1)13-10-16-14(18-13)11-17-8-6-15-7-9-17/h1-5,10,15H,6-9,11H2. The van der Waals surface area contributed by atoms with Gasteiger partial charge in [0.2, 0.25) is 5.89 Å². The third-order valence-corrected chi connectivity index (χ3v) is 3.18. The van der Waals surface area contributed by atoms with E-state index in [2.05, 4.69) is 15.2 Å². The molecule has 0 atom stereocenters. The first-order chi connectivity index (χ1) is 8.92. The van der Waals surface area contributed by atoms with E-state index >= 15 is 0 Å². The lowest BCUT2D eigenvalue weighted by Crippen LogP contribution is -2.42. The quantitative estimate of drug-likeness (QED) is 0.891. The Hall–Kier alpha value is -1.65. The minimum Gasteiger partial charge on any atom is -0.439 e. The van der Waals surface area contributed by atoms with E-state index in [-0.39, 0.29) is 0 Å². The molecule has 2 heterocycles. The van der Waals surface area contributed by atoms with Crippen molar-refractivity contribution in [2.24, 2.45) is 0 Å². The zero-order valence-electron chi connectivity index (χ0n) is 10.3. The van der Waals surface area contributed by atoms with Crippen molar-refractivity contribution in [3.8, 4) is 11.3 Å². The summed E-state index contributed by atoms with van der Waals surface area (Å²) in [5.41, 5.74) is 1.08. The molecule has 0 aliphatic carbocycles. The van der Waals surface area contributed by atoms with E-state index in [1.165, 1.54) is 0 Å². The topological polar surface area (TPSA) is 41.3 Å². The molecular weight excluding hydrogens is 226 g/mol. The summed E-state index contributed by atoms with van der Waals surface area (Å²) >= 11 is 0. The fourth-order valence-electron chi connectivity index (χ4n) is 2.18. The number of hydrogen-bond acceptors (Lipinski definition) is 4. The Morgan fingerprint density at radius 1 is 1.17 bits per heavy atom. The van der Waals surface area contributed by atoms with Crippen LogP contribution >= 0.6 is 0 Å². The molecule has 18 heavy (non-hydrogen) atoms. The minimum absolute atomic E-state index is 0.800. The van der Waals surface area contributed by atoms with Crippen LogP contribution in [0, 0.1) is 0 Å². The van der Waals surface area contributed by atoms with Gasteiger partial charge in [0.05, 0.1) is 12.7 Å². The van der Waals surface area contributed by atoms with Crippen molar-refractivity contribution in [3.63, 3.8) is 0 Å². The van der Waals surface area contributed by atoms with Crippen LogP contribution in [0.5, 0.6) is 0 Å². The molecule has 0 radical (unpaired) electrons. The van der Waals surface area contributed by atoms with Crippen LogP contribution < -0.4 is 5.32 Å². The summed E-state index contributed by atoms with van der Waals surface area (Å²) in [6, 6.07) is 10.1. The molecule has 1 aliphatic rings. The first-order valence-corrected chi connectivity index (χ1v) is 6.35. The predicted molar refractivity (Wildman–Crippen MR) is 70.1 cm³/mol. The molecule has 1 aromatic heterocycles. The SMILES string of the molecule is c1ccc(-c2cnc(CN3CCNCC3)o2)cc1. The highest BCUT2D eigenvalue weighted by molar-refractivity contribution is 5.55. The number of benzene rings is 1. The van der Waals surface area contributed by atoms with Crippen LogP contribution in [0.25, 0.3) is 11.3 Å². The van der Waals surface area contributed by atoms with E-state index in [0.29, 0.717) is 0 Å². The van der Waals surface area contributed by atoms with E-state index in [1.807, 2.05) is 36.5 Å². The van der Waals surface area contributed by atoms with Gasteiger partial charge >= 0.3 is 0 Å². The summed E-state index contributed by atoms with van der Waals surface area (Å²) < 4.78 is 5.80. The number of rotatable bonds is 3. The second-order valence-electron chi connectivity index (χ2n) is 4.51. The number of nitrogens with zero attached hydrogens (tertiary/aromatic N) is 2. The van der Waals surface area contributed by atoms with Crippen LogP contribution in [0.4, 0.5) is 0 Å². The van der Waals surface area contributed by atoms with Crippen LogP contribution in [-0.2, 0) is 6.54 Å². The summed E-state index contributed by atoms with van der Waals surface area (Å²) in [5.74, 6) is 1.65. The molecule has 1 saturated heterocycles. The number of piperazine rings is 1. The van der Waals surface area contributed by atoms with Crippen LogP contribution in [0.1, 0.15) is 5.89 Å². The molecule has 1 fully saturated rings. The predicted octanol–water partition coefficient (Wildman–Crippen LogP) is 1.75. The maximum atomic E-state index is 5.80. The van der Waals surface area contributed by atoms with Crippen molar-refractivity contribution >= 4 is 0 Å². The molecule has 0 saturated carbocycles.